The summed E-state index contributed by atoms with van der Waals surface area (Å²) < 4.78 is 54.1. The maximum atomic E-state index is 13.7. The first-order valence-corrected chi connectivity index (χ1v) is 10.7. The van der Waals surface area contributed by atoms with Crippen LogP contribution in [0, 0.1) is 11.6 Å². The molecule has 0 spiro atoms. The number of nitrogens with one attached hydrogen (secondary N) is 1. The third-order valence-electron chi connectivity index (χ3n) is 4.50. The lowest BCUT2D eigenvalue weighted by molar-refractivity contribution is -0.121. The van der Waals surface area contributed by atoms with Crippen molar-refractivity contribution in [3.63, 3.8) is 0 Å². The zero-order valence-corrected chi connectivity index (χ0v) is 16.2. The molecular formula is C17H19F2N3O3S2. The van der Waals surface area contributed by atoms with E-state index in [4.69, 9.17) is 0 Å². The number of carbonyl (C=O) groups is 1. The zero-order valence-electron chi connectivity index (χ0n) is 14.6. The first kappa shape index (κ1) is 19.9. The van der Waals surface area contributed by atoms with Crippen molar-refractivity contribution in [3.05, 3.63) is 47.3 Å². The molecule has 0 radical (unpaired) electrons. The van der Waals surface area contributed by atoms with Crippen molar-refractivity contribution >= 4 is 33.0 Å². The number of sulfonamides is 1. The van der Waals surface area contributed by atoms with Gasteiger partial charge in [-0.25, -0.2) is 17.2 Å². The molecule has 1 aliphatic heterocycles. The second-order valence-electron chi connectivity index (χ2n) is 6.13. The van der Waals surface area contributed by atoms with Crippen LogP contribution in [0.4, 0.5) is 14.5 Å². The van der Waals surface area contributed by atoms with Gasteiger partial charge in [-0.2, -0.15) is 4.31 Å². The Kier molecular flexibility index (Phi) is 5.89. The van der Waals surface area contributed by atoms with Crippen molar-refractivity contribution in [3.8, 4) is 0 Å². The third-order valence-corrected chi connectivity index (χ3v) is 7.77. The van der Waals surface area contributed by atoms with Gasteiger partial charge in [0.15, 0.2) is 0 Å². The van der Waals surface area contributed by atoms with E-state index in [1.807, 2.05) is 0 Å². The largest absolute Gasteiger partial charge is 0.320 e. The Balaban J connectivity index is 1.61. The Morgan fingerprint density at radius 2 is 1.74 bits per heavy atom. The highest BCUT2D eigenvalue weighted by Crippen LogP contribution is 2.23. The molecule has 6 nitrogen and oxygen atoms in total. The molecule has 10 heteroatoms. The number of carbonyl (C=O) groups excluding carboxylic acids is 1. The summed E-state index contributed by atoms with van der Waals surface area (Å²) in [7, 11) is -3.52. The Hall–Kier alpha value is -1.88. The molecule has 0 bridgehead atoms. The Morgan fingerprint density at radius 1 is 1.11 bits per heavy atom. The minimum absolute atomic E-state index is 0.242. The summed E-state index contributed by atoms with van der Waals surface area (Å²) in [5.41, 5.74) is -0.478. The van der Waals surface area contributed by atoms with Crippen molar-refractivity contribution in [1.82, 2.24) is 9.21 Å². The quantitative estimate of drug-likeness (QED) is 0.814. The predicted molar refractivity (Wildman–Crippen MR) is 99.1 cm³/mol. The van der Waals surface area contributed by atoms with Gasteiger partial charge in [-0.15, -0.1) is 11.3 Å². The monoisotopic (exact) mass is 415 g/mol. The first-order chi connectivity index (χ1) is 12.8. The fraction of sp³-hybridized carbons (Fsp3) is 0.353. The van der Waals surface area contributed by atoms with Gasteiger partial charge >= 0.3 is 0 Å². The van der Waals surface area contributed by atoms with Crippen LogP contribution >= 0.6 is 11.3 Å². The standard InChI is InChI=1S/C17H19F2N3O3S2/c1-12(17(23)20-16-13(18)4-2-5-14(16)19)21-7-9-22(10-8-21)27(24,25)15-6-3-11-26-15/h2-6,11-12H,7-10H2,1H3,(H,20,23)/t12-/m1/s1. The number of benzene rings is 1. The van der Waals surface area contributed by atoms with Crippen LogP contribution in [0.3, 0.4) is 0 Å². The van der Waals surface area contributed by atoms with Gasteiger partial charge in [0.2, 0.25) is 5.91 Å². The molecule has 1 atom stereocenters. The van der Waals surface area contributed by atoms with E-state index in [1.165, 1.54) is 10.4 Å². The fourth-order valence-corrected chi connectivity index (χ4v) is 5.45. The number of para-hydroxylation sites is 1. The van der Waals surface area contributed by atoms with Crippen molar-refractivity contribution in [1.29, 1.82) is 0 Å². The highest BCUT2D eigenvalue weighted by molar-refractivity contribution is 7.91. The highest BCUT2D eigenvalue weighted by atomic mass is 32.2. The van der Waals surface area contributed by atoms with Gasteiger partial charge in [0.05, 0.1) is 6.04 Å². The SMILES string of the molecule is C[C@H](C(=O)Nc1c(F)cccc1F)N1CCN(S(=O)(=O)c2cccs2)CC1. The molecule has 1 aromatic heterocycles. The van der Waals surface area contributed by atoms with E-state index < -0.39 is 39.3 Å². The number of rotatable bonds is 5. The van der Waals surface area contributed by atoms with E-state index in [9.17, 15) is 22.0 Å². The molecule has 1 aliphatic rings. The predicted octanol–water partition coefficient (Wildman–Crippen LogP) is 2.36. The molecule has 1 N–H and O–H groups in total. The molecule has 27 heavy (non-hydrogen) atoms. The number of hydrogen-bond donors (Lipinski definition) is 1. The van der Waals surface area contributed by atoms with Gasteiger partial charge in [0.25, 0.3) is 10.0 Å². The molecule has 0 aliphatic carbocycles. The molecule has 1 fully saturated rings. The summed E-state index contributed by atoms with van der Waals surface area (Å²) in [5, 5.41) is 3.98. The summed E-state index contributed by atoms with van der Waals surface area (Å²) in [6.07, 6.45) is 0. The molecule has 0 unspecified atom stereocenters. The number of thiophene rings is 1. The summed E-state index contributed by atoms with van der Waals surface area (Å²) in [5.74, 6) is -2.24. The van der Waals surface area contributed by atoms with Crippen LogP contribution in [0.1, 0.15) is 6.92 Å². The molecular weight excluding hydrogens is 396 g/mol. The smallest absolute Gasteiger partial charge is 0.252 e. The number of anilines is 1. The normalized spacial score (nSPS) is 17.6. The van der Waals surface area contributed by atoms with Crippen LogP contribution in [0.15, 0.2) is 39.9 Å². The number of piperazine rings is 1. The van der Waals surface area contributed by atoms with E-state index in [0.29, 0.717) is 13.1 Å². The molecule has 146 valence electrons. The Bertz CT molecular complexity index is 891. The van der Waals surface area contributed by atoms with E-state index in [0.717, 1.165) is 23.5 Å². The van der Waals surface area contributed by atoms with Gasteiger partial charge in [-0.3, -0.25) is 9.69 Å². The second-order valence-corrected chi connectivity index (χ2v) is 9.25. The Morgan fingerprint density at radius 3 is 2.30 bits per heavy atom. The number of nitrogens with zero attached hydrogens (tertiary/aromatic N) is 2. The fourth-order valence-electron chi connectivity index (χ4n) is 2.88. The van der Waals surface area contributed by atoms with Crippen molar-refractivity contribution in [2.24, 2.45) is 0 Å². The van der Waals surface area contributed by atoms with E-state index >= 15 is 0 Å². The van der Waals surface area contributed by atoms with Crippen molar-refractivity contribution in [2.75, 3.05) is 31.5 Å². The summed E-state index contributed by atoms with van der Waals surface area (Å²) in [6, 6.07) is 5.94. The van der Waals surface area contributed by atoms with Crippen LogP contribution in [0.5, 0.6) is 0 Å². The molecule has 1 amide bonds. The van der Waals surface area contributed by atoms with E-state index in [1.54, 1.807) is 29.3 Å². The average molecular weight is 415 g/mol. The number of amides is 1. The molecule has 2 aromatic rings. The maximum absolute atomic E-state index is 13.7. The molecule has 3 rings (SSSR count). The van der Waals surface area contributed by atoms with Crippen LogP contribution in [0.25, 0.3) is 0 Å². The number of hydrogen-bond acceptors (Lipinski definition) is 5. The molecule has 1 aromatic carbocycles. The van der Waals surface area contributed by atoms with Crippen molar-refractivity contribution < 1.29 is 22.0 Å². The lowest BCUT2D eigenvalue weighted by Gasteiger charge is -2.36. The molecule has 2 heterocycles. The summed E-state index contributed by atoms with van der Waals surface area (Å²) >= 11 is 1.16. The molecule has 0 saturated carbocycles. The average Bonchev–Trinajstić information content (AvgIpc) is 3.20. The van der Waals surface area contributed by atoms with Crippen LogP contribution in [-0.4, -0.2) is 55.8 Å². The Labute approximate surface area is 160 Å². The van der Waals surface area contributed by atoms with Gasteiger partial charge < -0.3 is 5.32 Å². The zero-order chi connectivity index (χ0) is 19.6. The summed E-state index contributed by atoms with van der Waals surface area (Å²) in [4.78, 5) is 14.2. The maximum Gasteiger partial charge on any atom is 0.252 e. The van der Waals surface area contributed by atoms with Crippen LogP contribution in [0.2, 0.25) is 0 Å². The van der Waals surface area contributed by atoms with Gasteiger partial charge in [0, 0.05) is 26.2 Å². The van der Waals surface area contributed by atoms with Crippen LogP contribution < -0.4 is 5.32 Å². The minimum Gasteiger partial charge on any atom is -0.320 e. The lowest BCUT2D eigenvalue weighted by Crippen LogP contribution is -2.53. The van der Waals surface area contributed by atoms with Crippen LogP contribution in [-0.2, 0) is 14.8 Å². The topological polar surface area (TPSA) is 69.7 Å². The second kappa shape index (κ2) is 8.01. The van der Waals surface area contributed by atoms with E-state index in [2.05, 4.69) is 5.32 Å². The van der Waals surface area contributed by atoms with E-state index in [-0.39, 0.29) is 17.3 Å². The first-order valence-electron chi connectivity index (χ1n) is 8.33. The number of halogens is 2. The summed E-state index contributed by atoms with van der Waals surface area (Å²) in [6.45, 7) is 2.80. The molecule has 1 saturated heterocycles. The van der Waals surface area contributed by atoms with Gasteiger partial charge in [0.1, 0.15) is 21.5 Å². The minimum atomic E-state index is -3.52. The lowest BCUT2D eigenvalue weighted by atomic mass is 10.2. The van der Waals surface area contributed by atoms with Crippen molar-refractivity contribution in [2.45, 2.75) is 17.2 Å². The highest BCUT2D eigenvalue weighted by Gasteiger charge is 2.32. The van der Waals surface area contributed by atoms with Gasteiger partial charge in [-0.05, 0) is 30.5 Å². The third kappa shape index (κ3) is 4.18. The van der Waals surface area contributed by atoms with Gasteiger partial charge in [-0.1, -0.05) is 12.1 Å².